The number of anilines is 2. The Balaban J connectivity index is 1.94. The van der Waals surface area contributed by atoms with E-state index in [2.05, 4.69) is 10.0 Å². The van der Waals surface area contributed by atoms with E-state index in [4.69, 9.17) is 0 Å². The van der Waals surface area contributed by atoms with Crippen molar-refractivity contribution in [3.05, 3.63) is 24.3 Å². The number of carbonyl (C=O) groups excluding carboxylic acids is 2. The second-order valence-corrected chi connectivity index (χ2v) is 8.36. The van der Waals surface area contributed by atoms with Crippen LogP contribution < -0.4 is 10.0 Å². The minimum Gasteiger partial charge on any atom is -0.342 e. The van der Waals surface area contributed by atoms with Crippen LogP contribution in [0.25, 0.3) is 0 Å². The Kier molecular flexibility index (Phi) is 7.02. The molecule has 1 aromatic carbocycles. The molecule has 0 bridgehead atoms. The molecule has 1 aliphatic rings. The number of hydrogen-bond donors (Lipinski definition) is 2. The van der Waals surface area contributed by atoms with Crippen LogP contribution in [0.2, 0.25) is 0 Å². The summed E-state index contributed by atoms with van der Waals surface area (Å²) in [7, 11) is -3.33. The molecule has 1 fully saturated rings. The summed E-state index contributed by atoms with van der Waals surface area (Å²) in [5.74, 6) is -0.189. The molecule has 1 saturated heterocycles. The van der Waals surface area contributed by atoms with Gasteiger partial charge in [-0.25, -0.2) is 8.42 Å². The molecule has 0 radical (unpaired) electrons. The Morgan fingerprint density at radius 3 is 2.42 bits per heavy atom. The number of nitrogens with zero attached hydrogens (tertiary/aromatic N) is 1. The van der Waals surface area contributed by atoms with E-state index in [1.165, 1.54) is 0 Å². The standard InChI is InChI=1S/C18H27N3O4S/c1-3-12-26(24,25)20-16-9-7-15(8-10-16)19-18(23)14-6-5-11-21(13-14)17(22)4-2/h7-10,14,20H,3-6,11-13H2,1-2H3,(H,19,23). The third-order valence-corrected chi connectivity index (χ3v) is 5.84. The SMILES string of the molecule is CCCS(=O)(=O)Nc1ccc(NC(=O)C2CCCN(C(=O)CC)C2)cc1. The fraction of sp³-hybridized carbons (Fsp3) is 0.556. The lowest BCUT2D eigenvalue weighted by Crippen LogP contribution is -2.43. The van der Waals surface area contributed by atoms with Crippen molar-refractivity contribution < 1.29 is 18.0 Å². The molecule has 2 rings (SSSR count). The summed E-state index contributed by atoms with van der Waals surface area (Å²) in [6.45, 7) is 4.79. The highest BCUT2D eigenvalue weighted by Gasteiger charge is 2.27. The number of amides is 2. The predicted molar refractivity (Wildman–Crippen MR) is 102 cm³/mol. The van der Waals surface area contributed by atoms with Crippen molar-refractivity contribution in [3.8, 4) is 0 Å². The highest BCUT2D eigenvalue weighted by Crippen LogP contribution is 2.21. The third kappa shape index (κ3) is 5.72. The minimum absolute atomic E-state index is 0.0696. The van der Waals surface area contributed by atoms with Crippen molar-refractivity contribution in [2.24, 2.45) is 5.92 Å². The molecule has 1 aromatic rings. The Morgan fingerprint density at radius 2 is 1.81 bits per heavy atom. The molecule has 0 aromatic heterocycles. The van der Waals surface area contributed by atoms with Gasteiger partial charge in [0.05, 0.1) is 11.7 Å². The van der Waals surface area contributed by atoms with Crippen LogP contribution >= 0.6 is 0 Å². The maximum absolute atomic E-state index is 12.5. The zero-order valence-corrected chi connectivity index (χ0v) is 16.1. The number of benzene rings is 1. The lowest BCUT2D eigenvalue weighted by atomic mass is 9.96. The molecule has 26 heavy (non-hydrogen) atoms. The van der Waals surface area contributed by atoms with E-state index in [1.54, 1.807) is 36.1 Å². The minimum atomic E-state index is -3.33. The molecule has 2 amide bonds. The van der Waals surface area contributed by atoms with Crippen LogP contribution in [0.4, 0.5) is 11.4 Å². The maximum Gasteiger partial charge on any atom is 0.232 e. The van der Waals surface area contributed by atoms with Crippen LogP contribution in [0.3, 0.4) is 0 Å². The van der Waals surface area contributed by atoms with Gasteiger partial charge in [0.1, 0.15) is 0 Å². The van der Waals surface area contributed by atoms with E-state index >= 15 is 0 Å². The van der Waals surface area contributed by atoms with E-state index in [0.29, 0.717) is 37.3 Å². The number of carbonyl (C=O) groups is 2. The van der Waals surface area contributed by atoms with Crippen molar-refractivity contribution in [3.63, 3.8) is 0 Å². The molecule has 144 valence electrons. The summed E-state index contributed by atoms with van der Waals surface area (Å²) in [4.78, 5) is 26.0. The highest BCUT2D eigenvalue weighted by atomic mass is 32.2. The van der Waals surface area contributed by atoms with Gasteiger partial charge in [0.25, 0.3) is 0 Å². The van der Waals surface area contributed by atoms with Gasteiger partial charge in [-0.1, -0.05) is 13.8 Å². The number of likely N-dealkylation sites (tertiary alicyclic amines) is 1. The monoisotopic (exact) mass is 381 g/mol. The van der Waals surface area contributed by atoms with Crippen LogP contribution in [0.5, 0.6) is 0 Å². The summed E-state index contributed by atoms with van der Waals surface area (Å²) in [6, 6.07) is 6.58. The van der Waals surface area contributed by atoms with E-state index in [9.17, 15) is 18.0 Å². The molecule has 1 heterocycles. The second kappa shape index (κ2) is 9.02. The maximum atomic E-state index is 12.5. The smallest absolute Gasteiger partial charge is 0.232 e. The van der Waals surface area contributed by atoms with E-state index < -0.39 is 10.0 Å². The Labute approximate surface area is 155 Å². The van der Waals surface area contributed by atoms with Crippen LogP contribution in [0, 0.1) is 5.92 Å². The van der Waals surface area contributed by atoms with Crippen molar-refractivity contribution in [2.75, 3.05) is 28.9 Å². The normalized spacial score (nSPS) is 17.6. The van der Waals surface area contributed by atoms with Crippen molar-refractivity contribution in [1.29, 1.82) is 0 Å². The van der Waals surface area contributed by atoms with Gasteiger partial charge >= 0.3 is 0 Å². The summed E-state index contributed by atoms with van der Waals surface area (Å²) >= 11 is 0. The number of hydrogen-bond acceptors (Lipinski definition) is 4. The number of sulfonamides is 1. The van der Waals surface area contributed by atoms with Crippen LogP contribution in [0.1, 0.15) is 39.5 Å². The van der Waals surface area contributed by atoms with E-state index in [-0.39, 0.29) is 23.5 Å². The van der Waals surface area contributed by atoms with Gasteiger partial charge in [-0.15, -0.1) is 0 Å². The highest BCUT2D eigenvalue weighted by molar-refractivity contribution is 7.92. The molecule has 0 aliphatic carbocycles. The Hall–Kier alpha value is -2.09. The molecule has 7 nitrogen and oxygen atoms in total. The fourth-order valence-electron chi connectivity index (χ4n) is 3.01. The fourth-order valence-corrected chi connectivity index (χ4v) is 4.14. The summed E-state index contributed by atoms with van der Waals surface area (Å²) in [5, 5.41) is 2.85. The van der Waals surface area contributed by atoms with Crippen molar-refractivity contribution in [2.45, 2.75) is 39.5 Å². The van der Waals surface area contributed by atoms with Gasteiger partial charge < -0.3 is 10.2 Å². The average molecular weight is 381 g/mol. The first-order valence-corrected chi connectivity index (χ1v) is 10.7. The van der Waals surface area contributed by atoms with Crippen molar-refractivity contribution in [1.82, 2.24) is 4.90 Å². The molecule has 8 heteroatoms. The lowest BCUT2D eigenvalue weighted by Gasteiger charge is -2.31. The van der Waals surface area contributed by atoms with Crippen LogP contribution in [-0.4, -0.2) is 44.0 Å². The van der Waals surface area contributed by atoms with Crippen LogP contribution in [0.15, 0.2) is 24.3 Å². The predicted octanol–water partition coefficient (Wildman–Crippen LogP) is 2.43. The van der Waals surface area contributed by atoms with Gasteiger partial charge in [0, 0.05) is 30.9 Å². The lowest BCUT2D eigenvalue weighted by molar-refractivity contribution is -0.134. The van der Waals surface area contributed by atoms with Gasteiger partial charge in [-0.2, -0.15) is 0 Å². The largest absolute Gasteiger partial charge is 0.342 e. The van der Waals surface area contributed by atoms with Crippen molar-refractivity contribution >= 4 is 33.2 Å². The number of piperidine rings is 1. The van der Waals surface area contributed by atoms with E-state index in [0.717, 1.165) is 12.8 Å². The van der Waals surface area contributed by atoms with E-state index in [1.807, 2.05) is 6.92 Å². The summed E-state index contributed by atoms with van der Waals surface area (Å²) in [6.07, 6.45) is 2.57. The number of nitrogens with one attached hydrogen (secondary N) is 2. The first-order valence-electron chi connectivity index (χ1n) is 9.03. The molecular formula is C18H27N3O4S. The number of rotatable bonds is 7. The topological polar surface area (TPSA) is 95.6 Å². The molecule has 0 spiro atoms. The summed E-state index contributed by atoms with van der Waals surface area (Å²) in [5.41, 5.74) is 1.07. The zero-order valence-electron chi connectivity index (χ0n) is 15.3. The quantitative estimate of drug-likeness (QED) is 0.758. The first kappa shape index (κ1) is 20.2. The molecular weight excluding hydrogens is 354 g/mol. The second-order valence-electron chi connectivity index (χ2n) is 6.52. The third-order valence-electron chi connectivity index (χ3n) is 4.35. The average Bonchev–Trinajstić information content (AvgIpc) is 2.62. The van der Waals surface area contributed by atoms with Gasteiger partial charge in [-0.3, -0.25) is 14.3 Å². The van der Waals surface area contributed by atoms with Gasteiger partial charge in [0.15, 0.2) is 0 Å². The van der Waals surface area contributed by atoms with Crippen LogP contribution in [-0.2, 0) is 19.6 Å². The molecule has 0 saturated carbocycles. The van der Waals surface area contributed by atoms with Gasteiger partial charge in [-0.05, 0) is 43.5 Å². The Bertz CT molecular complexity index is 731. The first-order chi connectivity index (χ1) is 12.3. The Morgan fingerprint density at radius 1 is 1.15 bits per heavy atom. The zero-order chi connectivity index (χ0) is 19.2. The molecule has 1 atom stereocenters. The molecule has 1 aliphatic heterocycles. The van der Waals surface area contributed by atoms with Gasteiger partial charge in [0.2, 0.25) is 21.8 Å². The molecule has 2 N–H and O–H groups in total. The molecule has 1 unspecified atom stereocenters. The summed E-state index contributed by atoms with van der Waals surface area (Å²) < 4.78 is 26.0.